The number of hydrogen-bond acceptors (Lipinski definition) is 4. The second-order valence-corrected chi connectivity index (χ2v) is 5.57. The number of rotatable bonds is 5. The zero-order valence-electron chi connectivity index (χ0n) is 13.5. The third-order valence-corrected chi connectivity index (χ3v) is 3.38. The van der Waals surface area contributed by atoms with Crippen molar-refractivity contribution in [2.24, 2.45) is 0 Å². The number of carbonyl (C=O) groups is 1. The van der Waals surface area contributed by atoms with Gasteiger partial charge in [-0.15, -0.1) is 0 Å². The Bertz CT molecular complexity index is 649. The Morgan fingerprint density at radius 3 is 2.45 bits per heavy atom. The van der Waals surface area contributed by atoms with E-state index in [1.54, 1.807) is 6.07 Å². The fourth-order valence-electron chi connectivity index (χ4n) is 2.14. The standard InChI is InChI=1S/C17H22N4O/c1-5-13(4)20-17(22)15-9-16(19-10-18-15)21-14-7-11(2)6-12(3)8-14/h6-10,13H,5H2,1-4H3,(H,20,22)(H,18,19,21). The Kier molecular flexibility index (Phi) is 5.09. The quantitative estimate of drug-likeness (QED) is 0.888. The van der Waals surface area contributed by atoms with E-state index in [0.29, 0.717) is 11.5 Å². The minimum absolute atomic E-state index is 0.123. The highest BCUT2D eigenvalue weighted by Gasteiger charge is 2.11. The lowest BCUT2D eigenvalue weighted by Crippen LogP contribution is -2.32. The lowest BCUT2D eigenvalue weighted by molar-refractivity contribution is 0.0934. The van der Waals surface area contributed by atoms with E-state index in [4.69, 9.17) is 0 Å². The fraction of sp³-hybridized carbons (Fsp3) is 0.353. The van der Waals surface area contributed by atoms with Gasteiger partial charge in [-0.25, -0.2) is 9.97 Å². The van der Waals surface area contributed by atoms with Crippen molar-refractivity contribution < 1.29 is 4.79 Å². The molecule has 0 spiro atoms. The highest BCUT2D eigenvalue weighted by Crippen LogP contribution is 2.18. The molecule has 1 aromatic carbocycles. The number of amides is 1. The monoisotopic (exact) mass is 298 g/mol. The minimum Gasteiger partial charge on any atom is -0.348 e. The van der Waals surface area contributed by atoms with Crippen LogP contribution in [0.3, 0.4) is 0 Å². The molecule has 1 heterocycles. The number of nitrogens with zero attached hydrogens (tertiary/aromatic N) is 2. The summed E-state index contributed by atoms with van der Waals surface area (Å²) < 4.78 is 0. The van der Waals surface area contributed by atoms with E-state index >= 15 is 0 Å². The average molecular weight is 298 g/mol. The van der Waals surface area contributed by atoms with E-state index in [9.17, 15) is 4.79 Å². The first-order valence-corrected chi connectivity index (χ1v) is 7.46. The van der Waals surface area contributed by atoms with Gasteiger partial charge in [-0.05, 0) is 50.5 Å². The maximum absolute atomic E-state index is 12.1. The molecule has 0 aliphatic heterocycles. The Morgan fingerprint density at radius 2 is 1.82 bits per heavy atom. The molecular weight excluding hydrogens is 276 g/mol. The van der Waals surface area contributed by atoms with Gasteiger partial charge in [-0.2, -0.15) is 0 Å². The van der Waals surface area contributed by atoms with Gasteiger partial charge < -0.3 is 10.6 Å². The molecule has 22 heavy (non-hydrogen) atoms. The van der Waals surface area contributed by atoms with Crippen LogP contribution in [0.1, 0.15) is 41.9 Å². The predicted molar refractivity (Wildman–Crippen MR) is 88.4 cm³/mol. The Balaban J connectivity index is 2.16. The molecule has 1 aromatic heterocycles. The van der Waals surface area contributed by atoms with Gasteiger partial charge >= 0.3 is 0 Å². The van der Waals surface area contributed by atoms with E-state index < -0.39 is 0 Å². The summed E-state index contributed by atoms with van der Waals surface area (Å²) in [4.78, 5) is 20.3. The molecular formula is C17H22N4O. The van der Waals surface area contributed by atoms with Crippen LogP contribution in [0, 0.1) is 13.8 Å². The number of anilines is 2. The van der Waals surface area contributed by atoms with E-state index in [2.05, 4.69) is 26.7 Å². The smallest absolute Gasteiger partial charge is 0.270 e. The Labute approximate surface area is 131 Å². The van der Waals surface area contributed by atoms with Crippen LogP contribution in [-0.2, 0) is 0 Å². The third kappa shape index (κ3) is 4.28. The van der Waals surface area contributed by atoms with Gasteiger partial charge in [0.1, 0.15) is 17.8 Å². The zero-order valence-corrected chi connectivity index (χ0v) is 13.5. The lowest BCUT2D eigenvalue weighted by Gasteiger charge is -2.12. The van der Waals surface area contributed by atoms with Crippen LogP contribution >= 0.6 is 0 Å². The maximum Gasteiger partial charge on any atom is 0.270 e. The van der Waals surface area contributed by atoms with Gasteiger partial charge in [0.25, 0.3) is 5.91 Å². The lowest BCUT2D eigenvalue weighted by atomic mass is 10.1. The number of carbonyl (C=O) groups excluding carboxylic acids is 1. The molecule has 2 aromatic rings. The van der Waals surface area contributed by atoms with Crippen LogP contribution in [0.25, 0.3) is 0 Å². The molecule has 1 unspecified atom stereocenters. The molecule has 116 valence electrons. The van der Waals surface area contributed by atoms with Crippen LogP contribution in [0.15, 0.2) is 30.6 Å². The number of benzene rings is 1. The first-order chi connectivity index (χ1) is 10.5. The molecule has 0 aliphatic carbocycles. The fourth-order valence-corrected chi connectivity index (χ4v) is 2.14. The first-order valence-electron chi connectivity index (χ1n) is 7.46. The second-order valence-electron chi connectivity index (χ2n) is 5.57. The van der Waals surface area contributed by atoms with Gasteiger partial charge in [-0.1, -0.05) is 13.0 Å². The normalized spacial score (nSPS) is 11.8. The third-order valence-electron chi connectivity index (χ3n) is 3.38. The van der Waals surface area contributed by atoms with Crippen LogP contribution in [0.2, 0.25) is 0 Å². The van der Waals surface area contributed by atoms with Crippen LogP contribution in [0.4, 0.5) is 11.5 Å². The summed E-state index contributed by atoms with van der Waals surface area (Å²) >= 11 is 0. The molecule has 0 fully saturated rings. The van der Waals surface area contributed by atoms with Crippen molar-refractivity contribution in [1.29, 1.82) is 0 Å². The van der Waals surface area contributed by atoms with Crippen molar-refractivity contribution in [2.45, 2.75) is 40.2 Å². The van der Waals surface area contributed by atoms with Crippen molar-refractivity contribution in [3.63, 3.8) is 0 Å². The van der Waals surface area contributed by atoms with Gasteiger partial charge in [-0.3, -0.25) is 4.79 Å². The van der Waals surface area contributed by atoms with Crippen LogP contribution in [0.5, 0.6) is 0 Å². The summed E-state index contributed by atoms with van der Waals surface area (Å²) in [5.74, 6) is 0.425. The molecule has 0 bridgehead atoms. The molecule has 5 heteroatoms. The second kappa shape index (κ2) is 7.02. The molecule has 5 nitrogen and oxygen atoms in total. The number of aryl methyl sites for hydroxylation is 2. The zero-order chi connectivity index (χ0) is 16.1. The summed E-state index contributed by atoms with van der Waals surface area (Å²) in [6.07, 6.45) is 2.28. The number of aromatic nitrogens is 2. The van der Waals surface area contributed by atoms with Crippen LogP contribution < -0.4 is 10.6 Å². The highest BCUT2D eigenvalue weighted by atomic mass is 16.1. The van der Waals surface area contributed by atoms with Gasteiger partial charge in [0, 0.05) is 17.8 Å². The van der Waals surface area contributed by atoms with E-state index in [0.717, 1.165) is 12.1 Å². The molecule has 2 N–H and O–H groups in total. The molecule has 0 aliphatic rings. The van der Waals surface area contributed by atoms with Crippen LogP contribution in [-0.4, -0.2) is 21.9 Å². The largest absolute Gasteiger partial charge is 0.348 e. The van der Waals surface area contributed by atoms with Crippen molar-refractivity contribution in [2.75, 3.05) is 5.32 Å². The summed E-state index contributed by atoms with van der Waals surface area (Å²) in [6, 6.07) is 7.96. The predicted octanol–water partition coefficient (Wildman–Crippen LogP) is 3.37. The van der Waals surface area contributed by atoms with Crippen molar-refractivity contribution in [3.05, 3.63) is 47.4 Å². The summed E-state index contributed by atoms with van der Waals surface area (Å²) in [5, 5.41) is 6.12. The molecule has 1 amide bonds. The van der Waals surface area contributed by atoms with Crippen molar-refractivity contribution >= 4 is 17.4 Å². The topological polar surface area (TPSA) is 66.9 Å². The molecule has 0 saturated carbocycles. The van der Waals surface area contributed by atoms with E-state index in [1.165, 1.54) is 17.5 Å². The number of hydrogen-bond donors (Lipinski definition) is 2. The SMILES string of the molecule is CCC(C)NC(=O)c1cc(Nc2cc(C)cc(C)c2)ncn1. The Morgan fingerprint density at radius 1 is 1.14 bits per heavy atom. The molecule has 0 radical (unpaired) electrons. The summed E-state index contributed by atoms with van der Waals surface area (Å²) in [5.41, 5.74) is 3.66. The maximum atomic E-state index is 12.1. The average Bonchev–Trinajstić information content (AvgIpc) is 2.46. The van der Waals surface area contributed by atoms with E-state index in [-0.39, 0.29) is 11.9 Å². The number of nitrogens with one attached hydrogen (secondary N) is 2. The molecule has 2 rings (SSSR count). The molecule has 1 atom stereocenters. The first kappa shape index (κ1) is 15.9. The van der Waals surface area contributed by atoms with Gasteiger partial charge in [0.2, 0.25) is 0 Å². The van der Waals surface area contributed by atoms with Crippen molar-refractivity contribution in [1.82, 2.24) is 15.3 Å². The minimum atomic E-state index is -0.180. The molecule has 0 saturated heterocycles. The summed E-state index contributed by atoms with van der Waals surface area (Å²) in [6.45, 7) is 8.08. The Hall–Kier alpha value is -2.43. The highest BCUT2D eigenvalue weighted by molar-refractivity contribution is 5.93. The van der Waals surface area contributed by atoms with Gasteiger partial charge in [0.15, 0.2) is 0 Å². The van der Waals surface area contributed by atoms with Gasteiger partial charge in [0.05, 0.1) is 0 Å². The summed E-state index contributed by atoms with van der Waals surface area (Å²) in [7, 11) is 0. The van der Waals surface area contributed by atoms with Crippen molar-refractivity contribution in [3.8, 4) is 0 Å². The van der Waals surface area contributed by atoms with E-state index in [1.807, 2.05) is 39.8 Å².